The smallest absolute Gasteiger partial charge is 0.255 e. The molecule has 6 heteroatoms. The van der Waals surface area contributed by atoms with Crippen LogP contribution in [0.5, 0.6) is 5.75 Å². The van der Waals surface area contributed by atoms with Crippen LogP contribution >= 0.6 is 23.2 Å². The number of anilines is 1. The van der Waals surface area contributed by atoms with Gasteiger partial charge >= 0.3 is 0 Å². The predicted molar refractivity (Wildman–Crippen MR) is 117 cm³/mol. The number of carbonyl (C=O) groups is 2. The van der Waals surface area contributed by atoms with Crippen LogP contribution < -0.4 is 10.1 Å². The second kappa shape index (κ2) is 9.12. The summed E-state index contributed by atoms with van der Waals surface area (Å²) in [6.07, 6.45) is 0. The van der Waals surface area contributed by atoms with E-state index in [-0.39, 0.29) is 18.3 Å². The van der Waals surface area contributed by atoms with Gasteiger partial charge in [-0.15, -0.1) is 0 Å². The zero-order chi connectivity index (χ0) is 21.0. The van der Waals surface area contributed by atoms with E-state index < -0.39 is 0 Å². The lowest BCUT2D eigenvalue weighted by molar-refractivity contribution is 0.0921. The SMILES string of the molecule is Cc1ccc(C(=O)COc2ccc(NC(=O)c3ccc(Cl)c(Cl)c3)cc2)cc1C. The molecule has 0 bridgehead atoms. The number of hydrogen-bond acceptors (Lipinski definition) is 3. The minimum atomic E-state index is -0.304. The predicted octanol–water partition coefficient (Wildman–Crippen LogP) is 6.12. The lowest BCUT2D eigenvalue weighted by Crippen LogP contribution is -2.13. The molecule has 0 aliphatic rings. The van der Waals surface area contributed by atoms with Crippen molar-refractivity contribution in [1.29, 1.82) is 0 Å². The molecule has 4 nitrogen and oxygen atoms in total. The van der Waals surface area contributed by atoms with Crippen LogP contribution in [0.3, 0.4) is 0 Å². The Bertz CT molecular complexity index is 1060. The molecule has 148 valence electrons. The zero-order valence-electron chi connectivity index (χ0n) is 16.0. The topological polar surface area (TPSA) is 55.4 Å². The van der Waals surface area contributed by atoms with Gasteiger partial charge < -0.3 is 10.1 Å². The molecule has 0 aliphatic carbocycles. The minimum absolute atomic E-state index is 0.0581. The molecule has 1 amide bonds. The van der Waals surface area contributed by atoms with Crippen LogP contribution in [0.25, 0.3) is 0 Å². The van der Waals surface area contributed by atoms with Gasteiger partial charge in [-0.1, -0.05) is 35.3 Å². The van der Waals surface area contributed by atoms with Gasteiger partial charge in [0.1, 0.15) is 5.75 Å². The maximum absolute atomic E-state index is 12.3. The quantitative estimate of drug-likeness (QED) is 0.481. The molecular formula is C23H19Cl2NO3. The maximum atomic E-state index is 12.3. The molecule has 1 N–H and O–H groups in total. The normalized spacial score (nSPS) is 10.5. The van der Waals surface area contributed by atoms with Crippen LogP contribution in [0.15, 0.2) is 60.7 Å². The van der Waals surface area contributed by atoms with Crippen molar-refractivity contribution >= 4 is 40.6 Å². The van der Waals surface area contributed by atoms with Gasteiger partial charge in [0.15, 0.2) is 12.4 Å². The Balaban J connectivity index is 1.58. The van der Waals surface area contributed by atoms with E-state index >= 15 is 0 Å². The van der Waals surface area contributed by atoms with Gasteiger partial charge in [-0.3, -0.25) is 9.59 Å². The van der Waals surface area contributed by atoms with E-state index in [1.165, 1.54) is 6.07 Å². The van der Waals surface area contributed by atoms with E-state index in [0.717, 1.165) is 11.1 Å². The molecule has 0 fully saturated rings. The summed E-state index contributed by atoms with van der Waals surface area (Å²) in [6.45, 7) is 3.91. The van der Waals surface area contributed by atoms with Gasteiger partial charge in [0.2, 0.25) is 0 Å². The second-order valence-electron chi connectivity index (χ2n) is 6.62. The van der Waals surface area contributed by atoms with Crippen molar-refractivity contribution in [1.82, 2.24) is 0 Å². The van der Waals surface area contributed by atoms with Crippen molar-refractivity contribution in [2.24, 2.45) is 0 Å². The Hall–Kier alpha value is -2.82. The minimum Gasteiger partial charge on any atom is -0.485 e. The van der Waals surface area contributed by atoms with Gasteiger partial charge in [-0.2, -0.15) is 0 Å². The zero-order valence-corrected chi connectivity index (χ0v) is 17.5. The highest BCUT2D eigenvalue weighted by atomic mass is 35.5. The van der Waals surface area contributed by atoms with Gasteiger partial charge in [0.05, 0.1) is 10.0 Å². The van der Waals surface area contributed by atoms with E-state index in [9.17, 15) is 9.59 Å². The number of aryl methyl sites for hydroxylation is 2. The molecule has 0 saturated heterocycles. The van der Waals surface area contributed by atoms with E-state index in [4.69, 9.17) is 27.9 Å². The highest BCUT2D eigenvalue weighted by Gasteiger charge is 2.10. The Labute approximate surface area is 179 Å². The summed E-state index contributed by atoms with van der Waals surface area (Å²) in [4.78, 5) is 24.6. The molecule has 0 saturated carbocycles. The number of Topliss-reactive ketones (excluding diaryl/α,β-unsaturated/α-hetero) is 1. The number of amides is 1. The Morgan fingerprint density at radius 2 is 1.52 bits per heavy atom. The van der Waals surface area contributed by atoms with Crippen molar-refractivity contribution in [3.63, 3.8) is 0 Å². The first-order valence-electron chi connectivity index (χ1n) is 8.93. The molecule has 0 aromatic heterocycles. The number of carbonyl (C=O) groups excluding carboxylic acids is 2. The molecule has 0 unspecified atom stereocenters. The van der Waals surface area contributed by atoms with Gasteiger partial charge in [-0.25, -0.2) is 0 Å². The summed E-state index contributed by atoms with van der Waals surface area (Å²) in [5, 5.41) is 3.48. The first-order chi connectivity index (χ1) is 13.8. The average Bonchev–Trinajstić information content (AvgIpc) is 2.71. The number of nitrogens with one attached hydrogen (secondary N) is 1. The number of ketones is 1. The molecule has 0 spiro atoms. The third kappa shape index (κ3) is 5.37. The third-order valence-electron chi connectivity index (χ3n) is 4.49. The average molecular weight is 428 g/mol. The molecule has 0 atom stereocenters. The van der Waals surface area contributed by atoms with Crippen LogP contribution in [-0.2, 0) is 0 Å². The lowest BCUT2D eigenvalue weighted by Gasteiger charge is -2.09. The fraction of sp³-hybridized carbons (Fsp3) is 0.130. The molecule has 3 aromatic carbocycles. The number of halogens is 2. The van der Waals surface area contributed by atoms with Crippen molar-refractivity contribution in [3.8, 4) is 5.75 Å². The molecular weight excluding hydrogens is 409 g/mol. The molecule has 0 heterocycles. The summed E-state index contributed by atoms with van der Waals surface area (Å²) in [5.74, 6) is 0.141. The molecule has 0 aliphatic heterocycles. The molecule has 3 aromatic rings. The van der Waals surface area contributed by atoms with Crippen LogP contribution in [0, 0.1) is 13.8 Å². The van der Waals surface area contributed by atoms with E-state index in [1.54, 1.807) is 42.5 Å². The number of hydrogen-bond donors (Lipinski definition) is 1. The fourth-order valence-electron chi connectivity index (χ4n) is 2.62. The fourth-order valence-corrected chi connectivity index (χ4v) is 2.92. The third-order valence-corrected chi connectivity index (χ3v) is 5.23. The Morgan fingerprint density at radius 3 is 2.17 bits per heavy atom. The van der Waals surface area contributed by atoms with Crippen molar-refractivity contribution in [2.75, 3.05) is 11.9 Å². The summed E-state index contributed by atoms with van der Waals surface area (Å²) < 4.78 is 5.57. The van der Waals surface area contributed by atoms with Crippen LogP contribution in [-0.4, -0.2) is 18.3 Å². The van der Waals surface area contributed by atoms with Crippen LogP contribution in [0.1, 0.15) is 31.8 Å². The number of benzene rings is 3. The van der Waals surface area contributed by atoms with E-state index in [0.29, 0.717) is 32.6 Å². The van der Waals surface area contributed by atoms with E-state index in [1.807, 2.05) is 26.0 Å². The summed E-state index contributed by atoms with van der Waals surface area (Å²) >= 11 is 11.8. The summed E-state index contributed by atoms with van der Waals surface area (Å²) in [5.41, 5.74) is 3.82. The number of ether oxygens (including phenoxy) is 1. The number of rotatable bonds is 6. The molecule has 29 heavy (non-hydrogen) atoms. The highest BCUT2D eigenvalue weighted by molar-refractivity contribution is 6.42. The van der Waals surface area contributed by atoms with Gasteiger partial charge in [-0.05, 0) is 73.5 Å². The first kappa shape index (κ1) is 20.9. The van der Waals surface area contributed by atoms with Crippen molar-refractivity contribution in [2.45, 2.75) is 13.8 Å². The summed E-state index contributed by atoms with van der Waals surface area (Å²) in [6, 6.07) is 17.1. The standard InChI is InChI=1S/C23H19Cl2NO3/c1-14-3-4-16(11-15(14)2)22(27)13-29-19-8-6-18(7-9-19)26-23(28)17-5-10-20(24)21(25)12-17/h3-12H,13H2,1-2H3,(H,26,28). The van der Waals surface area contributed by atoms with Gasteiger partial charge in [0.25, 0.3) is 5.91 Å². The largest absolute Gasteiger partial charge is 0.485 e. The second-order valence-corrected chi connectivity index (χ2v) is 7.43. The van der Waals surface area contributed by atoms with Crippen molar-refractivity contribution in [3.05, 3.63) is 93.0 Å². The Kier molecular flexibility index (Phi) is 6.57. The molecule has 0 radical (unpaired) electrons. The molecule has 3 rings (SSSR count). The van der Waals surface area contributed by atoms with Crippen LogP contribution in [0.4, 0.5) is 5.69 Å². The monoisotopic (exact) mass is 427 g/mol. The Morgan fingerprint density at radius 1 is 0.828 bits per heavy atom. The van der Waals surface area contributed by atoms with Crippen molar-refractivity contribution < 1.29 is 14.3 Å². The maximum Gasteiger partial charge on any atom is 0.255 e. The summed E-state index contributed by atoms with van der Waals surface area (Å²) in [7, 11) is 0. The van der Waals surface area contributed by atoms with E-state index in [2.05, 4.69) is 5.32 Å². The van der Waals surface area contributed by atoms with Crippen LogP contribution in [0.2, 0.25) is 10.0 Å². The first-order valence-corrected chi connectivity index (χ1v) is 9.69. The van der Waals surface area contributed by atoms with Gasteiger partial charge in [0, 0.05) is 16.8 Å². The highest BCUT2D eigenvalue weighted by Crippen LogP contribution is 2.23. The lowest BCUT2D eigenvalue weighted by atomic mass is 10.0.